The second kappa shape index (κ2) is 9.76. The van der Waals surface area contributed by atoms with Gasteiger partial charge in [-0.15, -0.1) is 0 Å². The van der Waals surface area contributed by atoms with E-state index < -0.39 is 0 Å². The minimum atomic E-state index is -0.142. The number of hydrogen-bond acceptors (Lipinski definition) is 2. The van der Waals surface area contributed by atoms with Crippen molar-refractivity contribution >= 4 is 0 Å². The van der Waals surface area contributed by atoms with Gasteiger partial charge in [-0.1, -0.05) is 35.4 Å². The van der Waals surface area contributed by atoms with Gasteiger partial charge < -0.3 is 9.15 Å². The highest BCUT2D eigenvalue weighted by atomic mass is 16.5. The first-order valence-electron chi connectivity index (χ1n) is 11.9. The molecule has 2 aromatic carbocycles. The van der Waals surface area contributed by atoms with Gasteiger partial charge in [0.1, 0.15) is 35.4 Å². The van der Waals surface area contributed by atoms with Gasteiger partial charge in [-0.3, -0.25) is 0 Å². The lowest BCUT2D eigenvalue weighted by atomic mass is 10.0. The van der Waals surface area contributed by atoms with Crippen LogP contribution < -0.4 is 4.57 Å². The summed E-state index contributed by atoms with van der Waals surface area (Å²) in [6.07, 6.45) is 9.95. The molecule has 0 saturated carbocycles. The number of benzene rings is 2. The van der Waals surface area contributed by atoms with Crippen LogP contribution in [0.2, 0.25) is 0 Å². The van der Waals surface area contributed by atoms with Crippen molar-refractivity contribution in [2.45, 2.75) is 54.4 Å². The quantitative estimate of drug-likeness (QED) is 0.225. The summed E-state index contributed by atoms with van der Waals surface area (Å²) in [6.45, 7) is 15.6. The Labute approximate surface area is 203 Å². The average molecular weight is 456 g/mol. The Hall–Kier alpha value is -3.53. The zero-order valence-corrected chi connectivity index (χ0v) is 21.3. The Balaban J connectivity index is 2.06. The maximum atomic E-state index is 5.96. The van der Waals surface area contributed by atoms with E-state index >= 15 is 0 Å². The number of allylic oxidation sites excluding steroid dienone is 1. The molecule has 0 aliphatic heterocycles. The minimum absolute atomic E-state index is 0.142. The molecule has 176 valence electrons. The highest BCUT2D eigenvalue weighted by Crippen LogP contribution is 2.31. The Kier molecular flexibility index (Phi) is 6.78. The third-order valence-electron chi connectivity index (χ3n) is 6.27. The van der Waals surface area contributed by atoms with E-state index in [1.54, 1.807) is 12.5 Å². The van der Waals surface area contributed by atoms with Crippen LogP contribution in [0.4, 0.5) is 0 Å². The minimum Gasteiger partial charge on any atom is -0.502 e. The van der Waals surface area contributed by atoms with Crippen LogP contribution in [-0.4, -0.2) is 11.2 Å². The van der Waals surface area contributed by atoms with Gasteiger partial charge in [0.05, 0.1) is 19.1 Å². The van der Waals surface area contributed by atoms with Gasteiger partial charge in [0.2, 0.25) is 0 Å². The van der Waals surface area contributed by atoms with Gasteiger partial charge in [0.25, 0.3) is 5.82 Å². The molecule has 2 aromatic heterocycles. The van der Waals surface area contributed by atoms with Gasteiger partial charge in [-0.05, 0) is 88.9 Å². The summed E-state index contributed by atoms with van der Waals surface area (Å²) in [4.78, 5) is 0. The van der Waals surface area contributed by atoms with Gasteiger partial charge in [0.15, 0.2) is 0 Å². The molecular weight excluding hydrogens is 420 g/mol. The van der Waals surface area contributed by atoms with Crippen LogP contribution in [0.1, 0.15) is 57.8 Å². The fourth-order valence-electron chi connectivity index (χ4n) is 5.19. The fraction of sp³-hybridized carbons (Fsp3) is 0.300. The zero-order valence-electron chi connectivity index (χ0n) is 21.3. The Morgan fingerprint density at radius 1 is 0.941 bits per heavy atom. The summed E-state index contributed by atoms with van der Waals surface area (Å²) >= 11 is 0. The van der Waals surface area contributed by atoms with Crippen molar-refractivity contribution < 1.29 is 13.7 Å². The SMILES string of the molecule is CCO/C=C\C(c1ccco1)c1n(-c2c(C)cc(C)cc2C)cc[n+]1-c1c(C)cc(C)cc1C. The van der Waals surface area contributed by atoms with Crippen molar-refractivity contribution in [3.8, 4) is 11.4 Å². The fourth-order valence-corrected chi connectivity index (χ4v) is 5.19. The van der Waals surface area contributed by atoms with Crippen molar-refractivity contribution in [1.29, 1.82) is 0 Å². The van der Waals surface area contributed by atoms with E-state index in [0.29, 0.717) is 6.61 Å². The monoisotopic (exact) mass is 455 g/mol. The van der Waals surface area contributed by atoms with Crippen LogP contribution in [-0.2, 0) is 4.74 Å². The Bertz CT molecular complexity index is 1210. The van der Waals surface area contributed by atoms with Crippen LogP contribution in [0, 0.1) is 41.5 Å². The normalized spacial score (nSPS) is 12.4. The van der Waals surface area contributed by atoms with Crippen molar-refractivity contribution in [3.63, 3.8) is 0 Å². The molecule has 0 N–H and O–H groups in total. The van der Waals surface area contributed by atoms with Crippen LogP contribution in [0.3, 0.4) is 0 Å². The topological polar surface area (TPSA) is 31.2 Å². The molecule has 4 aromatic rings. The summed E-state index contributed by atoms with van der Waals surface area (Å²) in [5.74, 6) is 1.82. The first-order valence-corrected chi connectivity index (χ1v) is 11.9. The van der Waals surface area contributed by atoms with Crippen LogP contribution >= 0.6 is 0 Å². The smallest absolute Gasteiger partial charge is 0.281 e. The second-order valence-corrected chi connectivity index (χ2v) is 9.17. The summed E-state index contributed by atoms with van der Waals surface area (Å²) in [6, 6.07) is 13.0. The summed E-state index contributed by atoms with van der Waals surface area (Å²) in [5.41, 5.74) is 9.90. The van der Waals surface area contributed by atoms with E-state index in [0.717, 1.165) is 11.6 Å². The van der Waals surface area contributed by atoms with Gasteiger partial charge in [-0.2, -0.15) is 9.13 Å². The highest BCUT2D eigenvalue weighted by molar-refractivity contribution is 5.51. The van der Waals surface area contributed by atoms with Crippen LogP contribution in [0.25, 0.3) is 11.4 Å². The number of aromatic nitrogens is 2. The summed E-state index contributed by atoms with van der Waals surface area (Å²) in [5, 5.41) is 0. The maximum absolute atomic E-state index is 5.96. The molecule has 0 radical (unpaired) electrons. The molecule has 0 aliphatic rings. The van der Waals surface area contributed by atoms with Crippen LogP contribution in [0.5, 0.6) is 0 Å². The molecule has 1 atom stereocenters. The molecule has 0 amide bonds. The van der Waals surface area contributed by atoms with Gasteiger partial charge >= 0.3 is 0 Å². The molecule has 0 spiro atoms. The number of rotatable bonds is 7. The van der Waals surface area contributed by atoms with Gasteiger partial charge in [0, 0.05) is 0 Å². The van der Waals surface area contributed by atoms with E-state index in [1.807, 2.05) is 19.1 Å². The molecule has 0 saturated heterocycles. The first-order chi connectivity index (χ1) is 16.3. The molecule has 1 unspecified atom stereocenters. The van der Waals surface area contributed by atoms with Crippen LogP contribution in [0.15, 0.2) is 71.8 Å². The standard InChI is InChI=1S/C30H35N2O2/c1-8-33-15-11-26(27-10-9-14-34-27)30-31(28-22(4)16-20(2)17-23(28)5)12-13-32(30)29-24(6)18-21(3)19-25(29)7/h9-19,26H,8H2,1-7H3/q+1/b15-11-. The first kappa shape index (κ1) is 23.6. The lowest BCUT2D eigenvalue weighted by molar-refractivity contribution is -0.605. The summed E-state index contributed by atoms with van der Waals surface area (Å²) in [7, 11) is 0. The van der Waals surface area contributed by atoms with E-state index in [1.165, 1.54) is 44.8 Å². The third-order valence-corrected chi connectivity index (χ3v) is 6.27. The molecule has 0 aliphatic carbocycles. The predicted molar refractivity (Wildman–Crippen MR) is 137 cm³/mol. The second-order valence-electron chi connectivity index (χ2n) is 9.17. The third kappa shape index (κ3) is 4.45. The molecule has 4 rings (SSSR count). The lowest BCUT2D eigenvalue weighted by Gasteiger charge is -2.16. The lowest BCUT2D eigenvalue weighted by Crippen LogP contribution is -2.38. The molecule has 4 heteroatoms. The predicted octanol–water partition coefficient (Wildman–Crippen LogP) is 6.88. The van der Waals surface area contributed by atoms with Gasteiger partial charge in [-0.25, -0.2) is 0 Å². The maximum Gasteiger partial charge on any atom is 0.281 e. The summed E-state index contributed by atoms with van der Waals surface area (Å²) < 4.78 is 16.2. The molecule has 4 nitrogen and oxygen atoms in total. The molecule has 0 bridgehead atoms. The number of nitrogens with zero attached hydrogens (tertiary/aromatic N) is 2. The van der Waals surface area contributed by atoms with Crippen molar-refractivity contribution in [1.82, 2.24) is 4.57 Å². The number of furan rings is 1. The van der Waals surface area contributed by atoms with E-state index in [9.17, 15) is 0 Å². The Morgan fingerprint density at radius 2 is 1.56 bits per heavy atom. The molecular formula is C30H35N2O2+. The number of ether oxygens (including phenoxy) is 1. The number of hydrogen-bond donors (Lipinski definition) is 0. The zero-order chi connectivity index (χ0) is 24.4. The molecule has 2 heterocycles. The van der Waals surface area contributed by atoms with E-state index in [4.69, 9.17) is 9.15 Å². The molecule has 34 heavy (non-hydrogen) atoms. The number of aryl methyl sites for hydroxylation is 6. The largest absolute Gasteiger partial charge is 0.502 e. The van der Waals surface area contributed by atoms with Crippen molar-refractivity contribution in [2.75, 3.05) is 6.61 Å². The van der Waals surface area contributed by atoms with Crippen molar-refractivity contribution in [3.05, 3.63) is 112 Å². The van der Waals surface area contributed by atoms with E-state index in [-0.39, 0.29) is 5.92 Å². The average Bonchev–Trinajstić information content (AvgIpc) is 3.41. The Morgan fingerprint density at radius 3 is 2.12 bits per heavy atom. The van der Waals surface area contributed by atoms with Crippen molar-refractivity contribution in [2.24, 2.45) is 0 Å². The molecule has 0 fully saturated rings. The highest BCUT2D eigenvalue weighted by Gasteiger charge is 2.33. The van der Waals surface area contributed by atoms with E-state index in [2.05, 4.69) is 93.4 Å². The number of imidazole rings is 1.